The lowest BCUT2D eigenvalue weighted by Gasteiger charge is -2.54. The number of hydrogen-bond donors (Lipinski definition) is 2. The molecule has 27 heavy (non-hydrogen) atoms. The fourth-order valence-electron chi connectivity index (χ4n) is 6.73. The van der Waals surface area contributed by atoms with Gasteiger partial charge in [-0.1, -0.05) is 12.1 Å². The first-order chi connectivity index (χ1) is 12.8. The molecule has 1 aromatic rings. The number of hydrogen-bond acceptors (Lipinski definition) is 5. The van der Waals surface area contributed by atoms with Crippen LogP contribution in [0.15, 0.2) is 29.5 Å². The molecule has 0 saturated carbocycles. The number of carboxylic acid groups (broad SMARTS) is 1. The van der Waals surface area contributed by atoms with Gasteiger partial charge in [-0.15, -0.1) is 0 Å². The number of piperidine rings is 1. The molecule has 5 rings (SSSR count). The number of carboxylic acids is 1. The zero-order chi connectivity index (χ0) is 19.1. The highest BCUT2D eigenvalue weighted by Gasteiger charge is 2.68. The molecule has 1 aromatic carbocycles. The van der Waals surface area contributed by atoms with Crippen LogP contribution in [0.1, 0.15) is 25.3 Å². The number of aliphatic carboxylic acids is 1. The fourth-order valence-corrected chi connectivity index (χ4v) is 6.73. The van der Waals surface area contributed by atoms with Gasteiger partial charge in [0.15, 0.2) is 0 Å². The van der Waals surface area contributed by atoms with Crippen LogP contribution in [-0.4, -0.2) is 55.0 Å². The number of carbonyl (C=O) groups excluding carboxylic acids is 1. The van der Waals surface area contributed by atoms with Crippen molar-refractivity contribution in [3.8, 4) is 5.75 Å². The van der Waals surface area contributed by atoms with Crippen molar-refractivity contribution < 1.29 is 24.2 Å². The average Bonchev–Trinajstić information content (AvgIpc) is 3.14. The van der Waals surface area contributed by atoms with Gasteiger partial charge in [0.25, 0.3) is 0 Å². The number of ether oxygens (including phenoxy) is 1. The summed E-state index contributed by atoms with van der Waals surface area (Å²) in [6, 6.07) is 6.32. The van der Waals surface area contributed by atoms with Crippen molar-refractivity contribution in [1.82, 2.24) is 0 Å². The predicted molar refractivity (Wildman–Crippen MR) is 97.9 cm³/mol. The van der Waals surface area contributed by atoms with Gasteiger partial charge in [0, 0.05) is 30.4 Å². The van der Waals surface area contributed by atoms with Gasteiger partial charge in [0.2, 0.25) is 0 Å². The Balaban J connectivity index is 1.82. The molecule has 2 saturated heterocycles. The molecule has 6 nitrogen and oxygen atoms in total. The molecule has 3 heterocycles. The molecule has 0 aromatic heterocycles. The molecule has 144 valence electrons. The van der Waals surface area contributed by atoms with E-state index < -0.39 is 12.1 Å². The maximum Gasteiger partial charge on any atom is 0.142 e. The van der Waals surface area contributed by atoms with Crippen molar-refractivity contribution in [2.75, 3.05) is 32.6 Å². The third-order valence-electron chi connectivity index (χ3n) is 7.86. The summed E-state index contributed by atoms with van der Waals surface area (Å²) in [6.07, 6.45) is 1.12. The normalized spacial score (nSPS) is 39.5. The third-order valence-corrected chi connectivity index (χ3v) is 7.86. The molecule has 1 unspecified atom stereocenters. The van der Waals surface area contributed by atoms with E-state index >= 15 is 0 Å². The molecule has 0 radical (unpaired) electrons. The van der Waals surface area contributed by atoms with E-state index in [1.165, 1.54) is 0 Å². The van der Waals surface area contributed by atoms with Crippen molar-refractivity contribution in [2.45, 2.75) is 37.3 Å². The summed E-state index contributed by atoms with van der Waals surface area (Å²) in [5.74, 6) is -0.625. The first kappa shape index (κ1) is 17.1. The van der Waals surface area contributed by atoms with Crippen LogP contribution in [-0.2, 0) is 10.2 Å². The van der Waals surface area contributed by atoms with E-state index in [1.807, 2.05) is 12.1 Å². The Kier molecular flexibility index (Phi) is 3.33. The number of para-hydroxylation sites is 1. The largest absolute Gasteiger partial charge is 0.545 e. The van der Waals surface area contributed by atoms with Crippen LogP contribution in [0.4, 0.5) is 5.69 Å². The number of benzene rings is 1. The molecule has 6 atom stereocenters. The number of fused-ring (bicyclic) bond motifs is 2. The maximum atomic E-state index is 12.3. The smallest absolute Gasteiger partial charge is 0.142 e. The number of nitrogens with one attached hydrogen (secondary N) is 1. The van der Waals surface area contributed by atoms with Crippen LogP contribution in [0.5, 0.6) is 5.75 Å². The Morgan fingerprint density at radius 1 is 1.48 bits per heavy atom. The van der Waals surface area contributed by atoms with E-state index in [9.17, 15) is 15.0 Å². The van der Waals surface area contributed by atoms with E-state index in [2.05, 4.69) is 18.4 Å². The summed E-state index contributed by atoms with van der Waals surface area (Å²) in [5, 5.41) is 26.2. The third kappa shape index (κ3) is 1.90. The van der Waals surface area contributed by atoms with Crippen molar-refractivity contribution in [1.29, 1.82) is 0 Å². The molecule has 3 aliphatic heterocycles. The van der Waals surface area contributed by atoms with E-state index in [-0.39, 0.29) is 17.3 Å². The number of methoxy groups -OCH3 is 1. The lowest BCUT2D eigenvalue weighted by molar-refractivity contribution is -0.933. The SMILES string of the molecule is COc1cccc2c1NC1=C(C(=O)[O-])[C@H]3C[C@H]4[C@]12CC[N+]4(C)C[C@H]3[C@@H](C)O. The Morgan fingerprint density at radius 2 is 2.26 bits per heavy atom. The minimum absolute atomic E-state index is 0.0739. The van der Waals surface area contributed by atoms with Gasteiger partial charge in [-0.3, -0.25) is 0 Å². The lowest BCUT2D eigenvalue weighted by atomic mass is 9.59. The number of aliphatic hydroxyl groups excluding tert-OH is 1. The first-order valence-corrected chi connectivity index (χ1v) is 9.76. The summed E-state index contributed by atoms with van der Waals surface area (Å²) < 4.78 is 6.45. The quantitative estimate of drug-likeness (QED) is 0.762. The lowest BCUT2D eigenvalue weighted by Crippen LogP contribution is -2.65. The van der Waals surface area contributed by atoms with Crippen LogP contribution < -0.4 is 15.2 Å². The minimum atomic E-state index is -1.11. The van der Waals surface area contributed by atoms with E-state index in [0.717, 1.165) is 53.1 Å². The zero-order valence-corrected chi connectivity index (χ0v) is 16.0. The predicted octanol–water partition coefficient (Wildman–Crippen LogP) is 0.612. The average molecular weight is 370 g/mol. The number of aliphatic hydroxyl groups is 1. The molecule has 1 aliphatic carbocycles. The number of anilines is 1. The molecule has 0 amide bonds. The molecule has 4 aliphatic rings. The van der Waals surface area contributed by atoms with Crippen molar-refractivity contribution >= 4 is 11.7 Å². The summed E-state index contributed by atoms with van der Waals surface area (Å²) >= 11 is 0. The molecular formula is C21H26N2O4. The van der Waals surface area contributed by atoms with Gasteiger partial charge in [0.05, 0.1) is 50.4 Å². The van der Waals surface area contributed by atoms with Gasteiger partial charge in [-0.2, -0.15) is 0 Å². The van der Waals surface area contributed by atoms with Gasteiger partial charge in [-0.25, -0.2) is 0 Å². The van der Waals surface area contributed by atoms with Gasteiger partial charge in [-0.05, 0) is 24.1 Å². The van der Waals surface area contributed by atoms with Gasteiger partial charge in [0.1, 0.15) is 11.8 Å². The second-order valence-corrected chi connectivity index (χ2v) is 8.95. The Hall–Kier alpha value is -2.05. The fraction of sp³-hybridized carbons (Fsp3) is 0.571. The molecular weight excluding hydrogens is 344 g/mol. The monoisotopic (exact) mass is 370 g/mol. The van der Waals surface area contributed by atoms with Gasteiger partial charge < -0.3 is 29.5 Å². The first-order valence-electron chi connectivity index (χ1n) is 9.76. The van der Waals surface area contributed by atoms with Crippen LogP contribution >= 0.6 is 0 Å². The highest BCUT2D eigenvalue weighted by molar-refractivity contribution is 5.91. The van der Waals surface area contributed by atoms with Crippen LogP contribution in [0, 0.1) is 11.8 Å². The zero-order valence-electron chi connectivity index (χ0n) is 16.0. The number of quaternary nitrogens is 1. The Labute approximate surface area is 159 Å². The molecule has 2 bridgehead atoms. The van der Waals surface area contributed by atoms with Crippen LogP contribution in [0.3, 0.4) is 0 Å². The van der Waals surface area contributed by atoms with Crippen LogP contribution in [0.25, 0.3) is 0 Å². The minimum Gasteiger partial charge on any atom is -0.545 e. The van der Waals surface area contributed by atoms with E-state index in [4.69, 9.17) is 4.74 Å². The Morgan fingerprint density at radius 3 is 2.93 bits per heavy atom. The molecule has 1 spiro atoms. The molecule has 6 heteroatoms. The highest BCUT2D eigenvalue weighted by Crippen LogP contribution is 2.64. The number of likely N-dealkylation sites (N-methyl/N-ethyl adjacent to an activating group) is 1. The van der Waals surface area contributed by atoms with Crippen molar-refractivity contribution in [3.05, 3.63) is 35.0 Å². The summed E-state index contributed by atoms with van der Waals surface area (Å²) in [6.45, 7) is 3.56. The van der Waals surface area contributed by atoms with E-state index in [1.54, 1.807) is 14.0 Å². The highest BCUT2D eigenvalue weighted by atomic mass is 16.5. The second kappa shape index (κ2) is 5.26. The topological polar surface area (TPSA) is 81.6 Å². The van der Waals surface area contributed by atoms with Crippen molar-refractivity contribution in [2.24, 2.45) is 11.8 Å². The van der Waals surface area contributed by atoms with Crippen LogP contribution in [0.2, 0.25) is 0 Å². The number of nitrogens with zero attached hydrogens (tertiary/aromatic N) is 1. The summed E-state index contributed by atoms with van der Waals surface area (Å²) in [4.78, 5) is 12.3. The summed E-state index contributed by atoms with van der Waals surface area (Å²) in [7, 11) is 3.91. The standard InChI is InChI=1S/C21H26N2O4/c1-11(24)13-10-23(2)8-7-21-14-5-4-6-15(27-3)18(14)22-19(21)17(20(25)26)12(13)9-16(21)23/h4-6,11-13,16,22,24H,7-10H2,1-3H3/t11-,12+,13+,16+,21-,23?/m1/s1. The second-order valence-electron chi connectivity index (χ2n) is 8.95. The van der Waals surface area contributed by atoms with Crippen molar-refractivity contribution in [3.63, 3.8) is 0 Å². The maximum absolute atomic E-state index is 12.3. The molecule has 2 N–H and O–H groups in total. The number of rotatable bonds is 3. The Bertz CT molecular complexity index is 879. The summed E-state index contributed by atoms with van der Waals surface area (Å²) in [5.41, 5.74) is 2.87. The van der Waals surface area contributed by atoms with Gasteiger partial charge >= 0.3 is 0 Å². The van der Waals surface area contributed by atoms with E-state index in [0.29, 0.717) is 11.6 Å². The molecule has 2 fully saturated rings. The number of carbonyl (C=O) groups is 1.